The van der Waals surface area contributed by atoms with Crippen molar-refractivity contribution < 1.29 is 13.6 Å². The van der Waals surface area contributed by atoms with E-state index in [1.165, 1.54) is 0 Å². The molecular weight excluding hydrogens is 257 g/mol. The lowest BCUT2D eigenvalue weighted by Gasteiger charge is -2.19. The summed E-state index contributed by atoms with van der Waals surface area (Å²) in [5, 5.41) is 0. The van der Waals surface area contributed by atoms with Crippen LogP contribution in [0, 0.1) is 0 Å². The monoisotopic (exact) mass is 268 g/mol. The number of rotatable bonds is 6. The number of hydrogen-bond donors (Lipinski definition) is 0. The van der Waals surface area contributed by atoms with Crippen molar-refractivity contribution in [2.24, 2.45) is 0 Å². The van der Waals surface area contributed by atoms with E-state index in [2.05, 4.69) is 0 Å². The smallest absolute Gasteiger partial charge is 0.293 e. The Kier molecular flexibility index (Phi) is 8.15. The molecule has 0 aromatic rings. The van der Waals surface area contributed by atoms with E-state index in [9.17, 15) is 0 Å². The summed E-state index contributed by atoms with van der Waals surface area (Å²) in [6, 6.07) is 0. The molecule has 80 valence electrons. The number of alkyl halides is 3. The Labute approximate surface area is 94.6 Å². The van der Waals surface area contributed by atoms with Crippen molar-refractivity contribution in [3.05, 3.63) is 0 Å². The summed E-state index contributed by atoms with van der Waals surface area (Å²) in [6.45, 7) is 4.96. The quantitative estimate of drug-likeness (QED) is 0.538. The van der Waals surface area contributed by atoms with Crippen LogP contribution in [0.2, 0.25) is 0 Å². The molecule has 0 aliphatic heterocycles. The third kappa shape index (κ3) is 9.48. The van der Waals surface area contributed by atoms with Crippen molar-refractivity contribution in [1.82, 2.24) is 0 Å². The van der Waals surface area contributed by atoms with E-state index in [1.807, 2.05) is 0 Å². The van der Waals surface area contributed by atoms with Gasteiger partial charge < -0.3 is 0 Å². The highest BCUT2D eigenvalue weighted by atomic mass is 35.5. The molecule has 0 aromatic heterocycles. The minimum atomic E-state index is -1.57. The lowest BCUT2D eigenvalue weighted by molar-refractivity contribution is 0.142. The zero-order chi connectivity index (χ0) is 10.4. The van der Waals surface area contributed by atoms with Gasteiger partial charge in [-0.25, -0.2) is 0 Å². The number of halogens is 3. The Morgan fingerprint density at radius 1 is 0.769 bits per heavy atom. The molecule has 0 bridgehead atoms. The lowest BCUT2D eigenvalue weighted by Crippen LogP contribution is -2.06. The molecule has 3 atom stereocenters. The summed E-state index contributed by atoms with van der Waals surface area (Å²) in [4.78, 5) is 0. The third-order valence-corrected chi connectivity index (χ3v) is 2.80. The fraction of sp³-hybridized carbons (Fsp3) is 1.00. The van der Waals surface area contributed by atoms with Gasteiger partial charge in [0.1, 0.15) is 16.7 Å². The maximum Gasteiger partial charge on any atom is 0.337 e. The second-order valence-electron chi connectivity index (χ2n) is 2.17. The van der Waals surface area contributed by atoms with Gasteiger partial charge in [0.2, 0.25) is 0 Å². The molecule has 0 aliphatic carbocycles. The zero-order valence-electron chi connectivity index (χ0n) is 7.54. The van der Waals surface area contributed by atoms with E-state index >= 15 is 0 Å². The van der Waals surface area contributed by atoms with Gasteiger partial charge in [-0.15, -0.1) is 0 Å². The van der Waals surface area contributed by atoms with Crippen LogP contribution in [0.3, 0.4) is 0 Å². The Bertz CT molecular complexity index is 111. The zero-order valence-corrected chi connectivity index (χ0v) is 10.7. The van der Waals surface area contributed by atoms with Crippen molar-refractivity contribution in [1.29, 1.82) is 0 Å². The molecule has 13 heavy (non-hydrogen) atoms. The van der Waals surface area contributed by atoms with Crippen LogP contribution in [0.1, 0.15) is 20.8 Å². The molecule has 0 heterocycles. The molecular formula is C6H12Cl3O3P. The highest BCUT2D eigenvalue weighted by molar-refractivity contribution is 7.42. The van der Waals surface area contributed by atoms with Crippen LogP contribution >= 0.6 is 43.4 Å². The minimum Gasteiger partial charge on any atom is -0.293 e. The van der Waals surface area contributed by atoms with Gasteiger partial charge in [-0.2, -0.15) is 0 Å². The standard InChI is InChI=1S/C6H12Cl3O3P/c1-4(7)10-13(11-5(2)8)12-6(3)9/h4-6H,1-3H3. The maximum atomic E-state index is 5.59. The van der Waals surface area contributed by atoms with Crippen molar-refractivity contribution in [3.8, 4) is 0 Å². The molecule has 0 amide bonds. The van der Waals surface area contributed by atoms with E-state index in [-0.39, 0.29) is 0 Å². The molecule has 0 radical (unpaired) electrons. The largest absolute Gasteiger partial charge is 0.337 e. The second kappa shape index (κ2) is 7.47. The topological polar surface area (TPSA) is 27.7 Å². The molecule has 0 N–H and O–H groups in total. The predicted molar refractivity (Wildman–Crippen MR) is 56.1 cm³/mol. The van der Waals surface area contributed by atoms with Crippen molar-refractivity contribution in [2.75, 3.05) is 0 Å². The van der Waals surface area contributed by atoms with Crippen LogP contribution in [-0.4, -0.2) is 16.7 Å². The van der Waals surface area contributed by atoms with Gasteiger partial charge in [0.15, 0.2) is 0 Å². The van der Waals surface area contributed by atoms with Gasteiger partial charge in [0, 0.05) is 0 Å². The van der Waals surface area contributed by atoms with Crippen molar-refractivity contribution in [3.63, 3.8) is 0 Å². The predicted octanol–water partition coefficient (Wildman–Crippen LogP) is 4.02. The van der Waals surface area contributed by atoms with E-state index < -0.39 is 25.3 Å². The first kappa shape index (κ1) is 14.2. The second-order valence-corrected chi connectivity index (χ2v) is 5.09. The fourth-order valence-corrected chi connectivity index (χ4v) is 1.88. The molecule has 3 nitrogen and oxygen atoms in total. The SMILES string of the molecule is CC(Cl)OP(OC(C)Cl)OC(C)Cl. The summed E-state index contributed by atoms with van der Waals surface area (Å²) in [7, 11) is -1.57. The molecule has 7 heteroatoms. The Hall–Kier alpha value is 1.18. The molecule has 0 aliphatic rings. The normalized spacial score (nSPS) is 20.8. The van der Waals surface area contributed by atoms with E-state index in [4.69, 9.17) is 48.4 Å². The molecule has 0 rings (SSSR count). The summed E-state index contributed by atoms with van der Waals surface area (Å²) >= 11 is 16.8. The van der Waals surface area contributed by atoms with Gasteiger partial charge in [0.25, 0.3) is 0 Å². The van der Waals surface area contributed by atoms with E-state index in [0.717, 1.165) is 0 Å². The summed E-state index contributed by atoms with van der Waals surface area (Å²) in [5.41, 5.74) is -1.51. The summed E-state index contributed by atoms with van der Waals surface area (Å²) in [6.07, 6.45) is 0. The fourth-order valence-electron chi connectivity index (χ4n) is 0.430. The molecule has 0 spiro atoms. The summed E-state index contributed by atoms with van der Waals surface area (Å²) < 4.78 is 15.3. The van der Waals surface area contributed by atoms with Crippen molar-refractivity contribution in [2.45, 2.75) is 37.5 Å². The average molecular weight is 269 g/mol. The lowest BCUT2D eigenvalue weighted by atomic mass is 10.9. The van der Waals surface area contributed by atoms with Crippen LogP contribution in [-0.2, 0) is 13.6 Å². The van der Waals surface area contributed by atoms with Crippen LogP contribution in [0.15, 0.2) is 0 Å². The highest BCUT2D eigenvalue weighted by Gasteiger charge is 2.20. The number of hydrogen-bond acceptors (Lipinski definition) is 3. The Balaban J connectivity index is 3.87. The molecule has 0 saturated heterocycles. The van der Waals surface area contributed by atoms with Gasteiger partial charge >= 0.3 is 8.60 Å². The molecule has 0 saturated carbocycles. The molecule has 0 fully saturated rings. The molecule has 3 unspecified atom stereocenters. The Morgan fingerprint density at radius 2 is 1.00 bits per heavy atom. The van der Waals surface area contributed by atoms with Gasteiger partial charge in [-0.05, 0) is 20.8 Å². The first-order chi connectivity index (χ1) is 5.91. The molecule has 0 aromatic carbocycles. The summed E-state index contributed by atoms with van der Waals surface area (Å²) in [5.74, 6) is 0. The average Bonchev–Trinajstić information content (AvgIpc) is 1.80. The first-order valence-electron chi connectivity index (χ1n) is 3.64. The van der Waals surface area contributed by atoms with Crippen LogP contribution in [0.25, 0.3) is 0 Å². The first-order valence-corrected chi connectivity index (χ1v) is 6.05. The van der Waals surface area contributed by atoms with Gasteiger partial charge in [-0.1, -0.05) is 34.8 Å². The minimum absolute atomic E-state index is 0.503. The third-order valence-electron chi connectivity index (χ3n) is 0.694. The van der Waals surface area contributed by atoms with Crippen LogP contribution in [0.4, 0.5) is 0 Å². The van der Waals surface area contributed by atoms with Crippen molar-refractivity contribution >= 4 is 43.4 Å². The van der Waals surface area contributed by atoms with E-state index in [1.54, 1.807) is 20.8 Å². The van der Waals surface area contributed by atoms with Gasteiger partial charge in [0.05, 0.1) is 0 Å². The van der Waals surface area contributed by atoms with Gasteiger partial charge in [-0.3, -0.25) is 13.6 Å². The van der Waals surface area contributed by atoms with E-state index in [0.29, 0.717) is 0 Å². The Morgan fingerprint density at radius 3 is 1.15 bits per heavy atom. The highest BCUT2D eigenvalue weighted by Crippen LogP contribution is 2.45. The van der Waals surface area contributed by atoms with Crippen LogP contribution in [0.5, 0.6) is 0 Å². The van der Waals surface area contributed by atoms with Crippen LogP contribution < -0.4 is 0 Å². The maximum absolute atomic E-state index is 5.59.